The molecule has 6 rings (SSSR count). The molecule has 5 aromatic rings. The Balaban J connectivity index is 1.33. The van der Waals surface area contributed by atoms with E-state index in [0.717, 1.165) is 46.8 Å². The first-order valence-corrected chi connectivity index (χ1v) is 19.3. The van der Waals surface area contributed by atoms with Gasteiger partial charge in [0.15, 0.2) is 11.5 Å². The molecule has 1 atom stereocenters. The predicted octanol–water partition coefficient (Wildman–Crippen LogP) is 6.79. The van der Waals surface area contributed by atoms with Gasteiger partial charge >= 0.3 is 6.09 Å². The SMILES string of the molecule is CCC(CC)Nc1nc(N(Cc2ccc(OC)cc2)Cc2ccc(OC)cc2)c2ncc(C(O)c3cnc(N4CCN(C(=O)OC(C)(C)C)CC4)c(C)c3)n2n1. The zero-order valence-electron chi connectivity index (χ0n) is 33.8. The van der Waals surface area contributed by atoms with Gasteiger partial charge in [-0.05, 0) is 87.6 Å². The van der Waals surface area contributed by atoms with Crippen LogP contribution in [0.5, 0.6) is 11.5 Å². The van der Waals surface area contributed by atoms with Gasteiger partial charge in [0.05, 0.1) is 26.1 Å². The molecule has 0 bridgehead atoms. The Labute approximate surface area is 329 Å². The Morgan fingerprint density at radius 3 is 2.00 bits per heavy atom. The van der Waals surface area contributed by atoms with Crippen molar-refractivity contribution in [2.45, 2.75) is 85.2 Å². The topological polar surface area (TPSA) is 143 Å². The summed E-state index contributed by atoms with van der Waals surface area (Å²) < 4.78 is 18.1. The van der Waals surface area contributed by atoms with Gasteiger partial charge in [-0.15, -0.1) is 5.10 Å². The summed E-state index contributed by atoms with van der Waals surface area (Å²) in [7, 11) is 3.31. The molecule has 1 fully saturated rings. The highest BCUT2D eigenvalue weighted by atomic mass is 16.6. The minimum Gasteiger partial charge on any atom is -0.497 e. The number of methoxy groups -OCH3 is 2. The zero-order valence-corrected chi connectivity index (χ0v) is 33.8. The minimum absolute atomic E-state index is 0.152. The average molecular weight is 766 g/mol. The maximum atomic E-state index is 12.6. The molecular weight excluding hydrogens is 711 g/mol. The molecule has 14 heteroatoms. The van der Waals surface area contributed by atoms with Crippen molar-refractivity contribution in [2.75, 3.05) is 55.5 Å². The van der Waals surface area contributed by atoms with Gasteiger partial charge < -0.3 is 39.3 Å². The normalized spacial score (nSPS) is 13.9. The quantitative estimate of drug-likeness (QED) is 0.123. The van der Waals surface area contributed by atoms with Crippen molar-refractivity contribution in [1.29, 1.82) is 0 Å². The van der Waals surface area contributed by atoms with E-state index in [0.29, 0.717) is 67.9 Å². The zero-order chi connectivity index (χ0) is 40.0. The molecule has 298 valence electrons. The summed E-state index contributed by atoms with van der Waals surface area (Å²) in [5.41, 5.74) is 4.11. The Kier molecular flexibility index (Phi) is 12.5. The van der Waals surface area contributed by atoms with E-state index in [-0.39, 0.29) is 12.1 Å². The lowest BCUT2D eigenvalue weighted by atomic mass is 10.1. The fourth-order valence-electron chi connectivity index (χ4n) is 6.80. The number of aliphatic hydroxyl groups excluding tert-OH is 1. The van der Waals surface area contributed by atoms with Crippen molar-refractivity contribution in [3.63, 3.8) is 0 Å². The number of aryl methyl sites for hydroxylation is 1. The smallest absolute Gasteiger partial charge is 0.410 e. The molecule has 56 heavy (non-hydrogen) atoms. The number of aliphatic hydroxyl groups is 1. The van der Waals surface area contributed by atoms with Crippen molar-refractivity contribution >= 4 is 29.3 Å². The van der Waals surface area contributed by atoms with Gasteiger partial charge in [-0.1, -0.05) is 38.1 Å². The van der Waals surface area contributed by atoms with Crippen LogP contribution in [0, 0.1) is 6.92 Å². The highest BCUT2D eigenvalue weighted by molar-refractivity contribution is 5.69. The summed E-state index contributed by atoms with van der Waals surface area (Å²) in [6.45, 7) is 15.2. The number of hydrogen-bond donors (Lipinski definition) is 2. The summed E-state index contributed by atoms with van der Waals surface area (Å²) in [6.07, 6.45) is 3.77. The number of benzene rings is 2. The van der Waals surface area contributed by atoms with E-state index in [9.17, 15) is 9.90 Å². The lowest BCUT2D eigenvalue weighted by Crippen LogP contribution is -2.50. The Bertz CT molecular complexity index is 2020. The molecule has 1 aliphatic heterocycles. The van der Waals surface area contributed by atoms with Crippen molar-refractivity contribution in [3.05, 3.63) is 94.9 Å². The molecule has 0 radical (unpaired) electrons. The number of pyridine rings is 1. The number of carbonyl (C=O) groups is 1. The van der Waals surface area contributed by atoms with Gasteiger partial charge in [-0.2, -0.15) is 4.98 Å². The largest absolute Gasteiger partial charge is 0.497 e. The second-order valence-corrected chi connectivity index (χ2v) is 15.2. The van der Waals surface area contributed by atoms with E-state index < -0.39 is 11.7 Å². The summed E-state index contributed by atoms with van der Waals surface area (Å²) >= 11 is 0. The minimum atomic E-state index is -1.07. The second-order valence-electron chi connectivity index (χ2n) is 15.2. The molecule has 0 aliphatic carbocycles. The number of aromatic nitrogens is 5. The van der Waals surface area contributed by atoms with Crippen molar-refractivity contribution in [2.24, 2.45) is 0 Å². The van der Waals surface area contributed by atoms with Crippen molar-refractivity contribution in [1.82, 2.24) is 29.5 Å². The van der Waals surface area contributed by atoms with E-state index in [1.54, 1.807) is 36.0 Å². The van der Waals surface area contributed by atoms with Crippen LogP contribution >= 0.6 is 0 Å². The highest BCUT2D eigenvalue weighted by Crippen LogP contribution is 2.31. The third-order valence-corrected chi connectivity index (χ3v) is 9.95. The van der Waals surface area contributed by atoms with Crippen molar-refractivity contribution in [3.8, 4) is 11.5 Å². The fraction of sp³-hybridized carbons (Fsp3) is 0.452. The lowest BCUT2D eigenvalue weighted by Gasteiger charge is -2.36. The summed E-state index contributed by atoms with van der Waals surface area (Å²) in [5, 5.41) is 20.4. The Hall–Kier alpha value is -5.63. The number of nitrogens with one attached hydrogen (secondary N) is 1. The van der Waals surface area contributed by atoms with Crippen molar-refractivity contribution < 1.29 is 24.1 Å². The van der Waals surface area contributed by atoms with E-state index in [1.807, 2.05) is 82.3 Å². The molecule has 2 N–H and O–H groups in total. The van der Waals surface area contributed by atoms with Gasteiger partial charge in [0, 0.05) is 57.1 Å². The van der Waals surface area contributed by atoms with Gasteiger partial charge in [-0.25, -0.2) is 19.3 Å². The van der Waals surface area contributed by atoms with Gasteiger partial charge in [0.25, 0.3) is 0 Å². The molecule has 1 unspecified atom stereocenters. The number of fused-ring (bicyclic) bond motifs is 1. The van der Waals surface area contributed by atoms with E-state index in [1.165, 1.54) is 0 Å². The summed E-state index contributed by atoms with van der Waals surface area (Å²) in [4.78, 5) is 33.4. The molecule has 4 heterocycles. The van der Waals surface area contributed by atoms with Crippen LogP contribution < -0.4 is 24.6 Å². The van der Waals surface area contributed by atoms with Crippen LogP contribution in [-0.4, -0.2) is 92.7 Å². The third-order valence-electron chi connectivity index (χ3n) is 9.95. The van der Waals surface area contributed by atoms with Crippen LogP contribution in [0.15, 0.2) is 67.0 Å². The number of piperazine rings is 1. The molecule has 3 aromatic heterocycles. The van der Waals surface area contributed by atoms with Crippen LogP contribution in [0.1, 0.15) is 81.5 Å². The second kappa shape index (κ2) is 17.4. The molecule has 1 aliphatic rings. The Morgan fingerprint density at radius 2 is 1.48 bits per heavy atom. The maximum Gasteiger partial charge on any atom is 0.410 e. The number of imidazole rings is 1. The Morgan fingerprint density at radius 1 is 0.893 bits per heavy atom. The monoisotopic (exact) mass is 765 g/mol. The predicted molar refractivity (Wildman–Crippen MR) is 218 cm³/mol. The third kappa shape index (κ3) is 9.41. The molecule has 14 nitrogen and oxygen atoms in total. The van der Waals surface area contributed by atoms with E-state index in [4.69, 9.17) is 34.3 Å². The number of hydrogen-bond acceptors (Lipinski definition) is 12. The average Bonchev–Trinajstić information content (AvgIpc) is 3.63. The van der Waals surface area contributed by atoms with Crippen LogP contribution in [0.25, 0.3) is 5.65 Å². The number of nitrogens with zero attached hydrogens (tertiary/aromatic N) is 8. The van der Waals surface area contributed by atoms with Gasteiger partial charge in [0.2, 0.25) is 5.95 Å². The first kappa shape index (κ1) is 40.0. The van der Waals surface area contributed by atoms with Gasteiger partial charge in [0.1, 0.15) is 29.0 Å². The molecular formula is C42H55N9O5. The number of amides is 1. The number of anilines is 3. The fourth-order valence-corrected chi connectivity index (χ4v) is 6.80. The summed E-state index contributed by atoms with van der Waals surface area (Å²) in [5.74, 6) is 3.44. The van der Waals surface area contributed by atoms with Crippen LogP contribution in [0.2, 0.25) is 0 Å². The van der Waals surface area contributed by atoms with Crippen LogP contribution in [0.3, 0.4) is 0 Å². The number of ether oxygens (including phenoxy) is 3. The summed E-state index contributed by atoms with van der Waals surface area (Å²) in [6, 6.07) is 18.1. The molecule has 2 aromatic carbocycles. The number of rotatable bonds is 14. The van der Waals surface area contributed by atoms with Gasteiger partial charge in [-0.3, -0.25) is 0 Å². The van der Waals surface area contributed by atoms with Crippen LogP contribution in [-0.2, 0) is 17.8 Å². The first-order valence-electron chi connectivity index (χ1n) is 19.3. The molecule has 0 saturated carbocycles. The molecule has 1 amide bonds. The molecule has 1 saturated heterocycles. The van der Waals surface area contributed by atoms with Crippen LogP contribution in [0.4, 0.5) is 22.4 Å². The highest BCUT2D eigenvalue weighted by Gasteiger charge is 2.28. The molecule has 0 spiro atoms. The standard InChI is InChI=1S/C42H55N9O5/c1-9-32(10-2)45-40-46-39(50(26-29-11-15-33(54-7)16-12-29)27-30-13-17-34(55-8)18-14-30)38-44-25-35(51(38)47-40)36(52)31-23-28(3)37(43-24-31)48-19-21-49(22-20-48)41(53)56-42(4,5)6/h11-18,23-25,32,36,52H,9-10,19-22,26-27H2,1-8H3,(H,45,47). The lowest BCUT2D eigenvalue weighted by molar-refractivity contribution is 0.0240. The van der Waals surface area contributed by atoms with E-state index in [2.05, 4.69) is 29.0 Å². The number of carbonyl (C=O) groups excluding carboxylic acids is 1. The first-order chi connectivity index (χ1) is 26.9. The maximum absolute atomic E-state index is 12.6. The van der Waals surface area contributed by atoms with E-state index >= 15 is 0 Å².